The van der Waals surface area contributed by atoms with Gasteiger partial charge in [0.1, 0.15) is 5.60 Å². The van der Waals surface area contributed by atoms with Gasteiger partial charge in [0.2, 0.25) is 11.8 Å². The van der Waals surface area contributed by atoms with Crippen LogP contribution in [0.25, 0.3) is 0 Å². The number of carbonyl (C=O) groups excluding carboxylic acids is 3. The Bertz CT molecular complexity index is 1430. The highest BCUT2D eigenvalue weighted by molar-refractivity contribution is 5.96. The Morgan fingerprint density at radius 3 is 2.47 bits per heavy atom. The van der Waals surface area contributed by atoms with E-state index in [1.807, 2.05) is 25.4 Å². The molecule has 3 atom stereocenters. The van der Waals surface area contributed by atoms with Crippen molar-refractivity contribution in [3.8, 4) is 0 Å². The third-order valence-corrected chi connectivity index (χ3v) is 10.4. The second-order valence-electron chi connectivity index (χ2n) is 13.0. The molecular weight excluding hydrogens is 587 g/mol. The maximum Gasteiger partial charge on any atom is 0.416 e. The molecule has 3 saturated heterocycles. The lowest BCUT2D eigenvalue weighted by molar-refractivity contribution is -0.137. The van der Waals surface area contributed by atoms with E-state index < -0.39 is 23.2 Å². The van der Waals surface area contributed by atoms with Crippen molar-refractivity contribution in [3.63, 3.8) is 0 Å². The number of alkyl halides is 3. The Labute approximate surface area is 260 Å². The number of piperidine rings is 1. The van der Waals surface area contributed by atoms with Crippen LogP contribution < -0.4 is 5.32 Å². The molecule has 2 N–H and O–H groups in total. The fourth-order valence-corrected chi connectivity index (χ4v) is 7.80. The first-order valence-corrected chi connectivity index (χ1v) is 15.9. The van der Waals surface area contributed by atoms with Crippen LogP contribution in [0.5, 0.6) is 0 Å². The number of amides is 3. The van der Waals surface area contributed by atoms with Gasteiger partial charge < -0.3 is 20.2 Å². The van der Waals surface area contributed by atoms with E-state index in [1.165, 1.54) is 12.1 Å². The van der Waals surface area contributed by atoms with Crippen molar-refractivity contribution in [1.29, 1.82) is 0 Å². The van der Waals surface area contributed by atoms with Crippen molar-refractivity contribution in [2.24, 2.45) is 0 Å². The van der Waals surface area contributed by atoms with Gasteiger partial charge in [-0.3, -0.25) is 24.3 Å². The van der Waals surface area contributed by atoms with Crippen LogP contribution >= 0.6 is 0 Å². The van der Waals surface area contributed by atoms with Gasteiger partial charge in [-0.05, 0) is 80.7 Å². The van der Waals surface area contributed by atoms with Crippen molar-refractivity contribution in [3.05, 3.63) is 65.0 Å². The number of aliphatic hydroxyl groups is 1. The number of likely N-dealkylation sites (tertiary alicyclic amines) is 3. The molecule has 3 amide bonds. The van der Waals surface area contributed by atoms with Crippen LogP contribution in [0.4, 0.5) is 13.2 Å². The molecule has 0 radical (unpaired) electrons. The minimum absolute atomic E-state index is 0.0319. The number of pyridine rings is 1. The van der Waals surface area contributed by atoms with Gasteiger partial charge in [-0.25, -0.2) is 0 Å². The van der Waals surface area contributed by atoms with Crippen LogP contribution in [0.1, 0.15) is 84.5 Å². The Balaban J connectivity index is 1.000. The third-order valence-electron chi connectivity index (χ3n) is 10.4. The van der Waals surface area contributed by atoms with E-state index in [0.29, 0.717) is 37.5 Å². The quantitative estimate of drug-likeness (QED) is 0.507. The van der Waals surface area contributed by atoms with Crippen LogP contribution in [0.3, 0.4) is 0 Å². The normalized spacial score (nSPS) is 29.1. The lowest BCUT2D eigenvalue weighted by atomic mass is 9.79. The fourth-order valence-electron chi connectivity index (χ4n) is 7.80. The van der Waals surface area contributed by atoms with E-state index in [9.17, 15) is 32.7 Å². The summed E-state index contributed by atoms with van der Waals surface area (Å²) in [6, 6.07) is 8.62. The predicted molar refractivity (Wildman–Crippen MR) is 159 cm³/mol. The summed E-state index contributed by atoms with van der Waals surface area (Å²) >= 11 is 0. The van der Waals surface area contributed by atoms with Crippen LogP contribution in [-0.4, -0.2) is 93.9 Å². The zero-order valence-corrected chi connectivity index (χ0v) is 25.4. The largest absolute Gasteiger partial charge is 0.416 e. The summed E-state index contributed by atoms with van der Waals surface area (Å²) in [5.74, 6) is -0.643. The predicted octanol–water partition coefficient (Wildman–Crippen LogP) is 3.67. The van der Waals surface area contributed by atoms with E-state index >= 15 is 0 Å². The second-order valence-corrected chi connectivity index (χ2v) is 13.0. The molecule has 1 saturated carbocycles. The molecule has 9 nitrogen and oxygen atoms in total. The average Bonchev–Trinajstić information content (AvgIpc) is 3.64. The number of rotatable bonds is 6. The summed E-state index contributed by atoms with van der Waals surface area (Å²) in [5.41, 5.74) is -0.330. The number of aromatic nitrogens is 1. The number of hydrogen-bond donors (Lipinski definition) is 2. The molecule has 0 spiro atoms. The van der Waals surface area contributed by atoms with E-state index in [4.69, 9.17) is 0 Å². The van der Waals surface area contributed by atoms with Crippen molar-refractivity contribution in [2.75, 3.05) is 33.2 Å². The average molecular weight is 628 g/mol. The monoisotopic (exact) mass is 627 g/mol. The van der Waals surface area contributed by atoms with Gasteiger partial charge >= 0.3 is 6.18 Å². The summed E-state index contributed by atoms with van der Waals surface area (Å²) in [5, 5.41) is 14.0. The Morgan fingerprint density at radius 1 is 1.02 bits per heavy atom. The molecule has 4 fully saturated rings. The molecule has 6 rings (SSSR count). The van der Waals surface area contributed by atoms with Crippen LogP contribution in [-0.2, 0) is 21.4 Å². The van der Waals surface area contributed by atoms with Gasteiger partial charge in [-0.15, -0.1) is 0 Å². The van der Waals surface area contributed by atoms with Gasteiger partial charge in [-0.1, -0.05) is 12.1 Å². The highest BCUT2D eigenvalue weighted by Crippen LogP contribution is 2.42. The van der Waals surface area contributed by atoms with E-state index in [2.05, 4.69) is 15.2 Å². The van der Waals surface area contributed by atoms with Gasteiger partial charge in [0.15, 0.2) is 0 Å². The van der Waals surface area contributed by atoms with Gasteiger partial charge in [0.05, 0.1) is 17.8 Å². The maximum atomic E-state index is 13.1. The molecule has 12 heteroatoms. The molecular formula is C33H40F3N5O4. The molecule has 4 aliphatic rings. The number of nitrogens with one attached hydrogen (secondary N) is 1. The van der Waals surface area contributed by atoms with Crippen molar-refractivity contribution >= 4 is 17.7 Å². The molecule has 45 heavy (non-hydrogen) atoms. The first kappa shape index (κ1) is 31.5. The lowest BCUT2D eigenvalue weighted by Crippen LogP contribution is -2.47. The molecule has 1 aliphatic carbocycles. The highest BCUT2D eigenvalue weighted by atomic mass is 19.4. The van der Waals surface area contributed by atoms with Gasteiger partial charge in [-0.2, -0.15) is 13.2 Å². The molecule has 4 heterocycles. The fraction of sp³-hybridized carbons (Fsp3) is 0.576. The maximum absolute atomic E-state index is 13.1. The SMILES string of the molecule is CN1CCC(c2ccc(C3(O)CCC(N4CC[C@@H]5[C@H]4CCN5C(=O)CNC(=O)c4cccc(C(F)(F)F)c4)CC3)nc2)CC1=O. The van der Waals surface area contributed by atoms with Crippen molar-refractivity contribution in [2.45, 2.75) is 87.2 Å². The molecule has 1 aromatic carbocycles. The first-order chi connectivity index (χ1) is 21.4. The standard InChI is InChI=1S/C33H40F3N5O4/c1-39-14-9-21(18-29(39)42)23-5-6-28(37-19-23)32(45)12-7-25(8-13-32)40-15-10-27-26(40)11-16-41(27)30(43)20-38-31(44)22-3-2-4-24(17-22)33(34,35)36/h2-6,17,19,21,25-27,45H,7-16,18,20H2,1H3,(H,38,44)/t21?,25?,26-,27-,32?/m1/s1. The summed E-state index contributed by atoms with van der Waals surface area (Å²) < 4.78 is 39.1. The molecule has 1 unspecified atom stereocenters. The Kier molecular flexibility index (Phi) is 8.64. The molecule has 2 aromatic rings. The summed E-state index contributed by atoms with van der Waals surface area (Å²) in [6.45, 7) is 1.89. The zero-order chi connectivity index (χ0) is 31.9. The van der Waals surface area contributed by atoms with Gasteiger partial charge in [0, 0.05) is 63.0 Å². The first-order valence-electron chi connectivity index (χ1n) is 15.9. The number of nitrogens with zero attached hydrogens (tertiary/aromatic N) is 4. The molecule has 3 aliphatic heterocycles. The Morgan fingerprint density at radius 2 is 1.78 bits per heavy atom. The van der Waals surface area contributed by atoms with E-state index in [0.717, 1.165) is 62.9 Å². The van der Waals surface area contributed by atoms with Crippen LogP contribution in [0, 0.1) is 0 Å². The van der Waals surface area contributed by atoms with E-state index in [-0.39, 0.29) is 41.9 Å². The third kappa shape index (κ3) is 6.44. The van der Waals surface area contributed by atoms with Crippen molar-refractivity contribution < 1.29 is 32.7 Å². The van der Waals surface area contributed by atoms with Crippen LogP contribution in [0.2, 0.25) is 0 Å². The topological polar surface area (TPSA) is 106 Å². The van der Waals surface area contributed by atoms with Gasteiger partial charge in [0.25, 0.3) is 5.91 Å². The van der Waals surface area contributed by atoms with Crippen molar-refractivity contribution in [1.82, 2.24) is 25.0 Å². The zero-order valence-electron chi connectivity index (χ0n) is 25.4. The number of halogens is 3. The highest BCUT2D eigenvalue weighted by Gasteiger charge is 2.48. The molecule has 1 aromatic heterocycles. The van der Waals surface area contributed by atoms with Crippen LogP contribution in [0.15, 0.2) is 42.6 Å². The summed E-state index contributed by atoms with van der Waals surface area (Å²) in [7, 11) is 1.83. The smallest absolute Gasteiger partial charge is 0.384 e. The Hall–Kier alpha value is -3.51. The molecule has 242 valence electrons. The molecule has 0 bridgehead atoms. The second kappa shape index (κ2) is 12.4. The number of benzene rings is 1. The summed E-state index contributed by atoms with van der Waals surface area (Å²) in [6.07, 6.45) is 3.11. The number of hydrogen-bond acceptors (Lipinski definition) is 6. The minimum atomic E-state index is -4.56. The summed E-state index contributed by atoms with van der Waals surface area (Å²) in [4.78, 5) is 48.4. The number of fused-ring (bicyclic) bond motifs is 1. The number of carbonyl (C=O) groups is 3. The van der Waals surface area contributed by atoms with E-state index in [1.54, 1.807) is 9.80 Å². The minimum Gasteiger partial charge on any atom is -0.384 e. The lowest BCUT2D eigenvalue weighted by Gasteiger charge is -2.41.